The summed E-state index contributed by atoms with van der Waals surface area (Å²) in [6.07, 6.45) is 0.553. The Balaban J connectivity index is 0.000000234. The molecule has 1 atom stereocenters. The van der Waals surface area contributed by atoms with Crippen LogP contribution in [0.4, 0.5) is 4.79 Å². The summed E-state index contributed by atoms with van der Waals surface area (Å²) in [4.78, 5) is 45.8. The molecule has 14 heteroatoms. The lowest BCUT2D eigenvalue weighted by molar-refractivity contribution is -0.150. The fourth-order valence-corrected chi connectivity index (χ4v) is 4.89. The van der Waals surface area contributed by atoms with E-state index in [4.69, 9.17) is 29.0 Å². The first-order valence-corrected chi connectivity index (χ1v) is 16.4. The van der Waals surface area contributed by atoms with Crippen LogP contribution in [-0.2, 0) is 19.1 Å². The van der Waals surface area contributed by atoms with Gasteiger partial charge >= 0.3 is 12.1 Å². The van der Waals surface area contributed by atoms with Crippen LogP contribution in [0.15, 0.2) is 40.9 Å². The van der Waals surface area contributed by atoms with Crippen molar-refractivity contribution in [2.24, 2.45) is 11.3 Å². The molecule has 2 N–H and O–H groups in total. The van der Waals surface area contributed by atoms with Crippen molar-refractivity contribution >= 4 is 44.9 Å². The van der Waals surface area contributed by atoms with Crippen molar-refractivity contribution in [2.45, 2.75) is 53.5 Å². The number of hydrogen-bond donors (Lipinski definition) is 2. The van der Waals surface area contributed by atoms with Crippen molar-refractivity contribution in [3.63, 3.8) is 0 Å². The third kappa shape index (κ3) is 10.7. The fourth-order valence-electron chi connectivity index (χ4n) is 4.49. The first-order chi connectivity index (χ1) is 22.8. The van der Waals surface area contributed by atoms with Crippen molar-refractivity contribution in [1.82, 2.24) is 20.2 Å². The molecule has 48 heavy (non-hydrogen) atoms. The highest BCUT2D eigenvalue weighted by Gasteiger charge is 2.34. The number of methoxy groups -OCH3 is 2. The summed E-state index contributed by atoms with van der Waals surface area (Å²) in [5, 5.41) is 11.4. The zero-order valence-electron chi connectivity index (χ0n) is 28.5. The van der Waals surface area contributed by atoms with Crippen molar-refractivity contribution in [2.75, 3.05) is 47.3 Å². The number of alkyl carbamates (subject to hydrolysis) is 1. The molecule has 2 aromatic carbocycles. The second kappa shape index (κ2) is 17.8. The van der Waals surface area contributed by atoms with E-state index in [1.165, 1.54) is 12.0 Å². The zero-order valence-corrected chi connectivity index (χ0v) is 30.1. The molecule has 2 aliphatic rings. The van der Waals surface area contributed by atoms with Crippen LogP contribution < -0.4 is 19.5 Å². The summed E-state index contributed by atoms with van der Waals surface area (Å²) in [5.41, 5.74) is 2.46. The first kappa shape index (κ1) is 38.3. The lowest BCUT2D eigenvalue weighted by Gasteiger charge is -2.23. The number of nitrogens with zero attached hydrogens (tertiary/aromatic N) is 3. The predicted molar refractivity (Wildman–Crippen MR) is 183 cm³/mol. The van der Waals surface area contributed by atoms with E-state index in [0.717, 1.165) is 27.9 Å². The maximum absolute atomic E-state index is 12.0. The number of benzene rings is 2. The number of hydrogen-bond acceptors (Lipinski definition) is 11. The summed E-state index contributed by atoms with van der Waals surface area (Å²) in [6, 6.07) is 11.0. The van der Waals surface area contributed by atoms with E-state index >= 15 is 0 Å². The molecule has 262 valence electrons. The van der Waals surface area contributed by atoms with Gasteiger partial charge in [0.15, 0.2) is 11.5 Å². The Bertz CT molecular complexity index is 1560. The van der Waals surface area contributed by atoms with E-state index in [2.05, 4.69) is 51.7 Å². The highest BCUT2D eigenvalue weighted by molar-refractivity contribution is 9.10. The van der Waals surface area contributed by atoms with Gasteiger partial charge in [-0.25, -0.2) is 19.6 Å². The largest absolute Gasteiger partial charge is 0.479 e. The lowest BCUT2D eigenvalue weighted by atomic mass is 9.97. The number of nitrogens with one attached hydrogen (secondary N) is 1. The van der Waals surface area contributed by atoms with Gasteiger partial charge in [-0.05, 0) is 43.0 Å². The van der Waals surface area contributed by atoms with Crippen LogP contribution in [-0.4, -0.2) is 91.3 Å². The van der Waals surface area contributed by atoms with E-state index in [1.807, 2.05) is 36.4 Å². The lowest BCUT2D eigenvalue weighted by Crippen LogP contribution is -2.46. The monoisotopic (exact) mass is 732 g/mol. The minimum atomic E-state index is -0.733. The third-order valence-corrected chi connectivity index (χ3v) is 7.38. The van der Waals surface area contributed by atoms with Crippen molar-refractivity contribution in [3.05, 3.63) is 40.9 Å². The number of esters is 1. The number of halogens is 1. The molecule has 1 fully saturated rings. The summed E-state index contributed by atoms with van der Waals surface area (Å²) in [5.74, 6) is 1.78. The van der Waals surface area contributed by atoms with Gasteiger partial charge in [0, 0.05) is 22.0 Å². The minimum absolute atomic E-state index is 0.0397. The average Bonchev–Trinajstić information content (AvgIpc) is 3.76. The molecule has 3 heterocycles. The van der Waals surface area contributed by atoms with Gasteiger partial charge in [0.05, 0.1) is 26.3 Å². The van der Waals surface area contributed by atoms with Crippen molar-refractivity contribution < 1.29 is 43.2 Å². The minimum Gasteiger partial charge on any atom is -0.479 e. The quantitative estimate of drug-likeness (QED) is 0.288. The topological polar surface area (TPSA) is 159 Å². The molecule has 1 saturated heterocycles. The van der Waals surface area contributed by atoms with Gasteiger partial charge in [-0.3, -0.25) is 4.79 Å². The standard InChI is InChI=1S/C16H11BrN2O3.C14H24N2O6.C4H10/c1-20-16-13(9-3-2-4-10(17)7-9)18-11-5-6-12-15(14(11)19-16)22-8-21-12;1-14(2,8-17)9-22-13(20)15-7-11(18)16-6-4-5-10(16)12(19)21-3;1-4(2)3/h2-7H,8H2,1H3;10,17H,4-9H2,1-3H3,(H,15,20);4H,1-3H3. The number of ether oxygens (including phenoxy) is 5. The highest BCUT2D eigenvalue weighted by atomic mass is 79.9. The van der Waals surface area contributed by atoms with Gasteiger partial charge < -0.3 is 39.0 Å². The number of aliphatic hydroxyl groups excluding tert-OH is 1. The number of carbonyl (C=O) groups excluding carboxylic acids is 3. The van der Waals surface area contributed by atoms with Crippen LogP contribution in [0.25, 0.3) is 22.3 Å². The summed E-state index contributed by atoms with van der Waals surface area (Å²) >= 11 is 3.47. The van der Waals surface area contributed by atoms with Gasteiger partial charge in [-0.2, -0.15) is 0 Å². The van der Waals surface area contributed by atoms with Crippen LogP contribution >= 0.6 is 15.9 Å². The fraction of sp³-hybridized carbons (Fsp3) is 0.500. The van der Waals surface area contributed by atoms with Gasteiger partial charge in [0.1, 0.15) is 30.4 Å². The van der Waals surface area contributed by atoms with E-state index in [9.17, 15) is 14.4 Å². The number of carbonyl (C=O) groups is 3. The number of aromatic nitrogens is 2. The maximum atomic E-state index is 12.0. The van der Waals surface area contributed by atoms with Crippen molar-refractivity contribution in [3.8, 4) is 28.6 Å². The van der Waals surface area contributed by atoms with Gasteiger partial charge in [-0.15, -0.1) is 0 Å². The van der Waals surface area contributed by atoms with Gasteiger partial charge in [-0.1, -0.05) is 62.7 Å². The summed E-state index contributed by atoms with van der Waals surface area (Å²) in [6.45, 7) is 10.3. The Kier molecular flexibility index (Phi) is 14.2. The number of rotatable bonds is 8. The van der Waals surface area contributed by atoms with E-state index < -0.39 is 23.5 Å². The molecular weight excluding hydrogens is 688 g/mol. The molecule has 13 nitrogen and oxygen atoms in total. The molecule has 0 bridgehead atoms. The van der Waals surface area contributed by atoms with Crippen LogP contribution in [0.2, 0.25) is 0 Å². The highest BCUT2D eigenvalue weighted by Crippen LogP contribution is 2.40. The molecular formula is C34H45BrN4O9. The Labute approximate surface area is 289 Å². The number of likely N-dealkylation sites (tertiary alicyclic amines) is 1. The van der Waals surface area contributed by atoms with E-state index in [0.29, 0.717) is 41.6 Å². The molecule has 1 aromatic heterocycles. The molecule has 3 aromatic rings. The van der Waals surface area contributed by atoms with Gasteiger partial charge in [0.2, 0.25) is 18.6 Å². The van der Waals surface area contributed by atoms with E-state index in [-0.39, 0.29) is 32.5 Å². The first-order valence-electron chi connectivity index (χ1n) is 15.6. The third-order valence-electron chi connectivity index (χ3n) is 6.88. The van der Waals surface area contributed by atoms with Crippen molar-refractivity contribution in [1.29, 1.82) is 0 Å². The number of amides is 2. The second-order valence-electron chi connectivity index (χ2n) is 12.5. The Morgan fingerprint density at radius 3 is 2.50 bits per heavy atom. The average molecular weight is 734 g/mol. The molecule has 0 saturated carbocycles. The number of fused-ring (bicyclic) bond motifs is 3. The van der Waals surface area contributed by atoms with Crippen LogP contribution in [0.3, 0.4) is 0 Å². The van der Waals surface area contributed by atoms with Crippen LogP contribution in [0.1, 0.15) is 47.5 Å². The molecule has 5 rings (SSSR count). The summed E-state index contributed by atoms with van der Waals surface area (Å²) in [7, 11) is 2.86. The second-order valence-corrected chi connectivity index (χ2v) is 13.4. The Morgan fingerprint density at radius 2 is 1.85 bits per heavy atom. The molecule has 0 radical (unpaired) electrons. The predicted octanol–water partition coefficient (Wildman–Crippen LogP) is 5.35. The smallest absolute Gasteiger partial charge is 0.407 e. The zero-order chi connectivity index (χ0) is 35.4. The molecule has 2 aliphatic heterocycles. The Hall–Kier alpha value is -4.17. The van der Waals surface area contributed by atoms with E-state index in [1.54, 1.807) is 21.0 Å². The summed E-state index contributed by atoms with van der Waals surface area (Å²) < 4.78 is 26.8. The molecule has 2 amide bonds. The molecule has 0 spiro atoms. The van der Waals surface area contributed by atoms with Crippen LogP contribution in [0, 0.1) is 11.3 Å². The maximum Gasteiger partial charge on any atom is 0.407 e. The Morgan fingerprint density at radius 1 is 1.12 bits per heavy atom. The SMILES string of the molecule is CC(C)C.COC(=O)C1CCCN1C(=O)CNC(=O)OCC(C)(C)CO.COc1nc2c3c(ccc2nc1-c1cccc(Br)c1)OCO3. The normalized spacial score (nSPS) is 14.8. The number of aliphatic hydroxyl groups is 1. The van der Waals surface area contributed by atoms with Gasteiger partial charge in [0.25, 0.3) is 0 Å². The molecule has 1 unspecified atom stereocenters. The molecule has 0 aliphatic carbocycles. The van der Waals surface area contributed by atoms with Crippen LogP contribution in [0.5, 0.6) is 17.4 Å².